The monoisotopic (exact) mass is 335 g/mol. The van der Waals surface area contributed by atoms with Crippen molar-refractivity contribution in [1.82, 2.24) is 14.1 Å². The summed E-state index contributed by atoms with van der Waals surface area (Å²) in [6, 6.07) is 0. The normalized spacial score (nSPS) is 18.9. The molecule has 0 bridgehead atoms. The van der Waals surface area contributed by atoms with Crippen LogP contribution in [0.25, 0.3) is 4.96 Å². The molecule has 1 saturated carbocycles. The number of nitrogens with one attached hydrogen (secondary N) is 1. The Morgan fingerprint density at radius 3 is 2.85 bits per heavy atom. The van der Waals surface area contributed by atoms with E-state index in [2.05, 4.69) is 9.71 Å². The van der Waals surface area contributed by atoms with E-state index in [4.69, 9.17) is 11.6 Å². The lowest BCUT2D eigenvalue weighted by Gasteiger charge is -2.27. The third-order valence-electron chi connectivity index (χ3n) is 3.65. The molecule has 1 aliphatic rings. The molecular weight excluding hydrogens is 322 g/mol. The Hall–Kier alpha value is -0.670. The summed E-state index contributed by atoms with van der Waals surface area (Å²) in [5.74, 6) is 0. The van der Waals surface area contributed by atoms with Crippen molar-refractivity contribution in [2.75, 3.05) is 6.61 Å². The molecule has 2 heterocycles. The molecule has 0 aromatic carbocycles. The first-order valence-electron chi connectivity index (χ1n) is 6.23. The number of nitrogens with zero attached hydrogens (tertiary/aromatic N) is 2. The third kappa shape index (κ3) is 2.25. The van der Waals surface area contributed by atoms with Gasteiger partial charge in [0.25, 0.3) is 10.0 Å². The van der Waals surface area contributed by atoms with Gasteiger partial charge >= 0.3 is 0 Å². The Labute approximate surface area is 125 Å². The van der Waals surface area contributed by atoms with Crippen LogP contribution in [0.1, 0.15) is 25.7 Å². The zero-order valence-electron chi connectivity index (χ0n) is 10.5. The highest BCUT2D eigenvalue weighted by Gasteiger charge is 2.39. The van der Waals surface area contributed by atoms with Gasteiger partial charge < -0.3 is 5.11 Å². The molecule has 2 aromatic heterocycles. The molecule has 0 radical (unpaired) electrons. The first-order valence-corrected chi connectivity index (χ1v) is 8.97. The topological polar surface area (TPSA) is 83.7 Å². The molecule has 2 N–H and O–H groups in total. The second-order valence-corrected chi connectivity index (χ2v) is 7.84. The van der Waals surface area contributed by atoms with Crippen molar-refractivity contribution in [1.29, 1.82) is 0 Å². The molecule has 0 atom stereocenters. The fourth-order valence-corrected chi connectivity index (χ4v) is 5.56. The minimum Gasteiger partial charge on any atom is -0.394 e. The van der Waals surface area contributed by atoms with Crippen LogP contribution in [0.5, 0.6) is 0 Å². The quantitative estimate of drug-likeness (QED) is 0.889. The van der Waals surface area contributed by atoms with E-state index in [1.807, 2.05) is 0 Å². The van der Waals surface area contributed by atoms with Crippen molar-refractivity contribution in [2.24, 2.45) is 0 Å². The Balaban J connectivity index is 2.03. The van der Waals surface area contributed by atoms with E-state index in [-0.39, 0.29) is 16.8 Å². The molecule has 20 heavy (non-hydrogen) atoms. The number of imidazole rings is 1. The van der Waals surface area contributed by atoms with Gasteiger partial charge in [-0.3, -0.25) is 4.40 Å². The van der Waals surface area contributed by atoms with Gasteiger partial charge in [0.15, 0.2) is 15.1 Å². The maximum Gasteiger partial charge on any atom is 0.260 e. The molecule has 3 rings (SSSR count). The van der Waals surface area contributed by atoms with Crippen molar-refractivity contribution in [3.63, 3.8) is 0 Å². The summed E-state index contributed by atoms with van der Waals surface area (Å²) in [6.45, 7) is -0.213. The lowest BCUT2D eigenvalue weighted by molar-refractivity contribution is 0.185. The summed E-state index contributed by atoms with van der Waals surface area (Å²) in [6.07, 6.45) is 4.68. The Morgan fingerprint density at radius 1 is 1.50 bits per heavy atom. The van der Waals surface area contributed by atoms with Crippen LogP contribution in [-0.2, 0) is 10.0 Å². The number of sulfonamides is 1. The zero-order valence-corrected chi connectivity index (χ0v) is 12.9. The summed E-state index contributed by atoms with van der Waals surface area (Å²) >= 11 is 7.27. The van der Waals surface area contributed by atoms with Crippen molar-refractivity contribution >= 4 is 37.9 Å². The first kappa shape index (κ1) is 14.3. The van der Waals surface area contributed by atoms with Gasteiger partial charge in [-0.15, -0.1) is 11.3 Å². The number of aromatic nitrogens is 2. The minimum absolute atomic E-state index is 0.0459. The fourth-order valence-electron chi connectivity index (χ4n) is 2.66. The Kier molecular flexibility index (Phi) is 3.54. The molecular formula is C11H14ClN3O3S2. The van der Waals surface area contributed by atoms with Crippen LogP contribution >= 0.6 is 22.9 Å². The van der Waals surface area contributed by atoms with Crippen LogP contribution in [0, 0.1) is 0 Å². The van der Waals surface area contributed by atoms with Gasteiger partial charge in [0, 0.05) is 11.6 Å². The van der Waals surface area contributed by atoms with Crippen LogP contribution in [0.3, 0.4) is 0 Å². The average molecular weight is 336 g/mol. The van der Waals surface area contributed by atoms with Crippen molar-refractivity contribution in [2.45, 2.75) is 36.2 Å². The minimum atomic E-state index is -3.83. The van der Waals surface area contributed by atoms with Crippen LogP contribution in [0.4, 0.5) is 0 Å². The van der Waals surface area contributed by atoms with Gasteiger partial charge in [-0.1, -0.05) is 24.4 Å². The van der Waals surface area contributed by atoms with E-state index in [0.29, 0.717) is 17.8 Å². The fraction of sp³-hybridized carbons (Fsp3) is 0.545. The summed E-state index contributed by atoms with van der Waals surface area (Å²) in [5.41, 5.74) is -0.775. The molecule has 1 fully saturated rings. The molecule has 9 heteroatoms. The number of hydrogen-bond donors (Lipinski definition) is 2. The highest BCUT2D eigenvalue weighted by atomic mass is 35.5. The van der Waals surface area contributed by atoms with Crippen LogP contribution in [-0.4, -0.2) is 35.1 Å². The van der Waals surface area contributed by atoms with Crippen molar-refractivity contribution in [3.8, 4) is 0 Å². The number of rotatable bonds is 4. The number of halogens is 1. The van der Waals surface area contributed by atoms with E-state index >= 15 is 0 Å². The maximum atomic E-state index is 12.6. The summed E-state index contributed by atoms with van der Waals surface area (Å²) in [7, 11) is -3.83. The van der Waals surface area contributed by atoms with Gasteiger partial charge in [-0.25, -0.2) is 18.1 Å². The first-order chi connectivity index (χ1) is 9.47. The van der Waals surface area contributed by atoms with E-state index in [1.165, 1.54) is 15.7 Å². The maximum absolute atomic E-state index is 12.6. The molecule has 110 valence electrons. The largest absolute Gasteiger partial charge is 0.394 e. The standard InChI is InChI=1S/C11H14ClN3O3S2/c12-8-9(15-5-6-19-10(15)13-8)20(17,18)14-11(7-16)3-1-2-4-11/h5-6,14,16H,1-4,7H2. The van der Waals surface area contributed by atoms with E-state index in [0.717, 1.165) is 12.8 Å². The van der Waals surface area contributed by atoms with E-state index in [9.17, 15) is 13.5 Å². The van der Waals surface area contributed by atoms with Crippen molar-refractivity contribution < 1.29 is 13.5 Å². The van der Waals surface area contributed by atoms with Gasteiger partial charge in [0.2, 0.25) is 0 Å². The van der Waals surface area contributed by atoms with Crippen molar-refractivity contribution in [3.05, 3.63) is 16.7 Å². The summed E-state index contributed by atoms with van der Waals surface area (Å²) in [5, 5.41) is 11.2. The number of hydrogen-bond acceptors (Lipinski definition) is 5. The Bertz CT molecular complexity index is 731. The predicted molar refractivity (Wildman–Crippen MR) is 76.7 cm³/mol. The van der Waals surface area contributed by atoms with E-state index in [1.54, 1.807) is 11.6 Å². The second kappa shape index (κ2) is 4.96. The predicted octanol–water partition coefficient (Wildman–Crippen LogP) is 1.63. The highest BCUT2D eigenvalue weighted by Crippen LogP contribution is 2.32. The smallest absolute Gasteiger partial charge is 0.260 e. The molecule has 2 aromatic rings. The SMILES string of the molecule is O=S(=O)(NC1(CO)CCCC1)c1c(Cl)nc2sccn12. The molecule has 1 aliphatic carbocycles. The molecule has 0 saturated heterocycles. The Morgan fingerprint density at radius 2 is 2.20 bits per heavy atom. The van der Waals surface area contributed by atoms with Gasteiger partial charge in [-0.05, 0) is 12.8 Å². The average Bonchev–Trinajstić information content (AvgIpc) is 3.04. The molecule has 0 spiro atoms. The number of thiazole rings is 1. The molecule has 6 nitrogen and oxygen atoms in total. The second-order valence-electron chi connectivity index (χ2n) is 5.01. The van der Waals surface area contributed by atoms with Crippen LogP contribution in [0.2, 0.25) is 5.15 Å². The summed E-state index contributed by atoms with van der Waals surface area (Å²) in [4.78, 5) is 4.56. The zero-order chi connectivity index (χ0) is 14.4. The molecule has 0 unspecified atom stereocenters. The lowest BCUT2D eigenvalue weighted by atomic mass is 10.0. The van der Waals surface area contributed by atoms with Gasteiger partial charge in [-0.2, -0.15) is 0 Å². The molecule has 0 amide bonds. The summed E-state index contributed by atoms with van der Waals surface area (Å²) < 4.78 is 29.2. The highest BCUT2D eigenvalue weighted by molar-refractivity contribution is 7.89. The van der Waals surface area contributed by atoms with Gasteiger partial charge in [0.05, 0.1) is 12.1 Å². The molecule has 0 aliphatic heterocycles. The van der Waals surface area contributed by atoms with Crippen LogP contribution in [0.15, 0.2) is 16.6 Å². The van der Waals surface area contributed by atoms with E-state index < -0.39 is 15.6 Å². The number of fused-ring (bicyclic) bond motifs is 1. The lowest BCUT2D eigenvalue weighted by Crippen LogP contribution is -2.49. The van der Waals surface area contributed by atoms with Gasteiger partial charge in [0.1, 0.15) is 0 Å². The van der Waals surface area contributed by atoms with Crippen LogP contribution < -0.4 is 4.72 Å². The third-order valence-corrected chi connectivity index (χ3v) is 6.38. The number of aliphatic hydroxyl groups is 1. The number of aliphatic hydroxyl groups excluding tert-OH is 1.